The molecule has 0 spiro atoms. The molecule has 1 aromatic rings. The monoisotopic (exact) mass is 258 g/mol. The molecule has 1 rings (SSSR count). The predicted octanol–water partition coefficient (Wildman–Crippen LogP) is 1.98. The standard InChI is InChI=1S/C12H18N2O2.ClH/c1-7(2)4-10(13)11-9(6-15)5-14-8(3)12(11)16;/h5,10,15-16H,1,4,6,13H2,2-3H3;1H/t10-;/m0./s1. The number of aliphatic hydroxyl groups excluding tert-OH is 1. The molecule has 0 saturated heterocycles. The smallest absolute Gasteiger partial charge is 0.141 e. The molecule has 5 heteroatoms. The summed E-state index contributed by atoms with van der Waals surface area (Å²) in [6.45, 7) is 7.19. The van der Waals surface area contributed by atoms with Crippen LogP contribution < -0.4 is 5.73 Å². The highest BCUT2D eigenvalue weighted by Gasteiger charge is 2.17. The Balaban J connectivity index is 0.00000256. The van der Waals surface area contributed by atoms with Crippen LogP contribution in [0.25, 0.3) is 0 Å². The Kier molecular flexibility index (Phi) is 6.16. The van der Waals surface area contributed by atoms with Crippen molar-refractivity contribution in [2.75, 3.05) is 0 Å². The maximum absolute atomic E-state index is 9.91. The maximum atomic E-state index is 9.91. The van der Waals surface area contributed by atoms with Gasteiger partial charge in [-0.1, -0.05) is 5.57 Å². The number of hydrogen-bond donors (Lipinski definition) is 3. The first-order valence-corrected chi connectivity index (χ1v) is 5.15. The van der Waals surface area contributed by atoms with Crippen LogP contribution in [0.1, 0.15) is 36.2 Å². The zero-order chi connectivity index (χ0) is 12.3. The molecule has 0 radical (unpaired) electrons. The van der Waals surface area contributed by atoms with Crippen molar-refractivity contribution in [3.63, 3.8) is 0 Å². The van der Waals surface area contributed by atoms with Crippen molar-refractivity contribution >= 4 is 12.4 Å². The minimum atomic E-state index is -0.360. The van der Waals surface area contributed by atoms with Gasteiger partial charge in [-0.05, 0) is 20.3 Å². The van der Waals surface area contributed by atoms with Gasteiger partial charge in [-0.15, -0.1) is 19.0 Å². The van der Waals surface area contributed by atoms with Crippen LogP contribution in [0, 0.1) is 6.92 Å². The number of pyridine rings is 1. The summed E-state index contributed by atoms with van der Waals surface area (Å²) < 4.78 is 0. The Morgan fingerprint density at radius 1 is 1.59 bits per heavy atom. The molecular weight excluding hydrogens is 240 g/mol. The highest BCUT2D eigenvalue weighted by molar-refractivity contribution is 5.85. The van der Waals surface area contributed by atoms with E-state index in [0.29, 0.717) is 23.2 Å². The van der Waals surface area contributed by atoms with Crippen LogP contribution >= 0.6 is 12.4 Å². The molecule has 1 atom stereocenters. The average Bonchev–Trinajstić information content (AvgIpc) is 2.20. The summed E-state index contributed by atoms with van der Waals surface area (Å²) in [5, 5.41) is 19.1. The lowest BCUT2D eigenvalue weighted by atomic mass is 9.96. The lowest BCUT2D eigenvalue weighted by molar-refractivity contribution is 0.278. The van der Waals surface area contributed by atoms with Crippen LogP contribution in [-0.4, -0.2) is 15.2 Å². The molecule has 0 fully saturated rings. The molecule has 4 nitrogen and oxygen atoms in total. The van der Waals surface area contributed by atoms with Crippen molar-refractivity contribution in [1.29, 1.82) is 0 Å². The van der Waals surface area contributed by atoms with E-state index in [1.807, 2.05) is 6.92 Å². The number of halogens is 1. The third-order valence-corrected chi connectivity index (χ3v) is 2.47. The van der Waals surface area contributed by atoms with Gasteiger partial charge in [-0.3, -0.25) is 4.98 Å². The van der Waals surface area contributed by atoms with Crippen molar-refractivity contribution < 1.29 is 10.2 Å². The number of hydrogen-bond acceptors (Lipinski definition) is 4. The lowest BCUT2D eigenvalue weighted by Gasteiger charge is -2.17. The fourth-order valence-corrected chi connectivity index (χ4v) is 1.67. The lowest BCUT2D eigenvalue weighted by Crippen LogP contribution is -2.14. The van der Waals surface area contributed by atoms with Crippen LogP contribution in [0.15, 0.2) is 18.3 Å². The topological polar surface area (TPSA) is 79.4 Å². The molecule has 0 saturated carbocycles. The van der Waals surface area contributed by atoms with Gasteiger partial charge in [0.1, 0.15) is 5.75 Å². The van der Waals surface area contributed by atoms with Crippen molar-refractivity contribution in [3.05, 3.63) is 35.2 Å². The fourth-order valence-electron chi connectivity index (χ4n) is 1.67. The largest absolute Gasteiger partial charge is 0.506 e. The van der Waals surface area contributed by atoms with Gasteiger partial charge in [0.05, 0.1) is 12.3 Å². The van der Waals surface area contributed by atoms with E-state index in [9.17, 15) is 10.2 Å². The Hall–Kier alpha value is -1.10. The predicted molar refractivity (Wildman–Crippen MR) is 70.2 cm³/mol. The minimum Gasteiger partial charge on any atom is -0.506 e. The van der Waals surface area contributed by atoms with Gasteiger partial charge < -0.3 is 15.9 Å². The fraction of sp³-hybridized carbons (Fsp3) is 0.417. The van der Waals surface area contributed by atoms with E-state index in [4.69, 9.17) is 5.73 Å². The molecule has 0 aliphatic carbocycles. The highest BCUT2D eigenvalue weighted by atomic mass is 35.5. The number of aromatic nitrogens is 1. The summed E-state index contributed by atoms with van der Waals surface area (Å²) >= 11 is 0. The number of nitrogens with two attached hydrogens (primary N) is 1. The normalized spacial score (nSPS) is 11.8. The van der Waals surface area contributed by atoms with E-state index in [2.05, 4.69) is 11.6 Å². The van der Waals surface area contributed by atoms with Crippen molar-refractivity contribution in [2.45, 2.75) is 32.9 Å². The molecular formula is C12H19ClN2O2. The molecule has 96 valence electrons. The average molecular weight is 259 g/mol. The van der Waals surface area contributed by atoms with Gasteiger partial charge in [0, 0.05) is 23.4 Å². The van der Waals surface area contributed by atoms with Crippen LogP contribution in [-0.2, 0) is 6.61 Å². The van der Waals surface area contributed by atoms with Crippen LogP contribution in [0.3, 0.4) is 0 Å². The van der Waals surface area contributed by atoms with Gasteiger partial charge in [0.15, 0.2) is 0 Å². The Morgan fingerprint density at radius 2 is 2.18 bits per heavy atom. The van der Waals surface area contributed by atoms with Crippen molar-refractivity contribution in [1.82, 2.24) is 4.98 Å². The van der Waals surface area contributed by atoms with Crippen molar-refractivity contribution in [2.24, 2.45) is 5.73 Å². The SMILES string of the molecule is C=C(C)C[C@H](N)c1c(CO)cnc(C)c1O.Cl. The van der Waals surface area contributed by atoms with E-state index in [1.54, 1.807) is 13.1 Å². The van der Waals surface area contributed by atoms with Gasteiger partial charge in [0.25, 0.3) is 0 Å². The molecule has 17 heavy (non-hydrogen) atoms. The van der Waals surface area contributed by atoms with Crippen molar-refractivity contribution in [3.8, 4) is 5.75 Å². The third-order valence-electron chi connectivity index (χ3n) is 2.47. The minimum absolute atomic E-state index is 0. The van der Waals surface area contributed by atoms with Crippen LogP contribution in [0.4, 0.5) is 0 Å². The van der Waals surface area contributed by atoms with E-state index >= 15 is 0 Å². The quantitative estimate of drug-likeness (QED) is 0.722. The zero-order valence-corrected chi connectivity index (χ0v) is 10.9. The summed E-state index contributed by atoms with van der Waals surface area (Å²) in [5.41, 5.74) is 8.57. The molecule has 0 aliphatic heterocycles. The van der Waals surface area contributed by atoms with Crippen LogP contribution in [0.2, 0.25) is 0 Å². The zero-order valence-electron chi connectivity index (χ0n) is 10.1. The molecule has 0 aromatic carbocycles. The van der Waals surface area contributed by atoms with Gasteiger partial charge in [-0.2, -0.15) is 0 Å². The molecule has 1 heterocycles. The van der Waals surface area contributed by atoms with Gasteiger partial charge >= 0.3 is 0 Å². The second-order valence-electron chi connectivity index (χ2n) is 4.06. The molecule has 0 unspecified atom stereocenters. The molecule has 0 amide bonds. The van der Waals surface area contributed by atoms with Gasteiger partial charge in [0.2, 0.25) is 0 Å². The number of aliphatic hydroxyl groups is 1. The maximum Gasteiger partial charge on any atom is 0.141 e. The highest BCUT2D eigenvalue weighted by Crippen LogP contribution is 2.31. The molecule has 0 bridgehead atoms. The summed E-state index contributed by atoms with van der Waals surface area (Å²) in [7, 11) is 0. The van der Waals surface area contributed by atoms with E-state index in [-0.39, 0.29) is 30.8 Å². The Morgan fingerprint density at radius 3 is 2.65 bits per heavy atom. The Labute approximate surface area is 108 Å². The number of aromatic hydroxyl groups is 1. The summed E-state index contributed by atoms with van der Waals surface area (Å²) in [6, 6.07) is -0.360. The molecule has 4 N–H and O–H groups in total. The first kappa shape index (κ1) is 15.9. The van der Waals surface area contributed by atoms with E-state index < -0.39 is 0 Å². The second kappa shape index (κ2) is 6.59. The summed E-state index contributed by atoms with van der Waals surface area (Å²) in [5.74, 6) is 0.0697. The first-order chi connectivity index (χ1) is 7.47. The summed E-state index contributed by atoms with van der Waals surface area (Å²) in [4.78, 5) is 3.98. The number of rotatable bonds is 4. The van der Waals surface area contributed by atoms with E-state index in [1.165, 1.54) is 0 Å². The number of nitrogens with zero attached hydrogens (tertiary/aromatic N) is 1. The second-order valence-corrected chi connectivity index (χ2v) is 4.06. The third kappa shape index (κ3) is 3.70. The van der Waals surface area contributed by atoms with E-state index in [0.717, 1.165) is 5.57 Å². The summed E-state index contributed by atoms with van der Waals surface area (Å²) in [6.07, 6.45) is 2.12. The molecule has 1 aromatic heterocycles. The molecule has 0 aliphatic rings. The van der Waals surface area contributed by atoms with Crippen LogP contribution in [0.5, 0.6) is 5.75 Å². The Bertz CT molecular complexity index is 408. The number of aryl methyl sites for hydroxylation is 1. The van der Waals surface area contributed by atoms with Gasteiger partial charge in [-0.25, -0.2) is 0 Å². The first-order valence-electron chi connectivity index (χ1n) is 5.15.